The van der Waals surface area contributed by atoms with Gasteiger partial charge >= 0.3 is 0 Å². The molecule has 0 amide bonds. The average molecular weight is 296 g/mol. The van der Waals surface area contributed by atoms with Crippen molar-refractivity contribution in [3.8, 4) is 0 Å². The number of hydrogen-bond donors (Lipinski definition) is 0. The summed E-state index contributed by atoms with van der Waals surface area (Å²) in [6.07, 6.45) is 1.12. The minimum atomic E-state index is 0.241. The highest BCUT2D eigenvalue weighted by atomic mass is 35.5. The van der Waals surface area contributed by atoms with Crippen molar-refractivity contribution >= 4 is 23.4 Å². The summed E-state index contributed by atoms with van der Waals surface area (Å²) >= 11 is 8.45. The largest absolute Gasteiger partial charge is 0.302 e. The number of halogens is 1. The van der Waals surface area contributed by atoms with Crippen LogP contribution in [0.5, 0.6) is 0 Å². The van der Waals surface area contributed by atoms with Crippen molar-refractivity contribution < 1.29 is 0 Å². The number of alkyl halides is 1. The first-order chi connectivity index (χ1) is 9.06. The number of likely N-dealkylation sites (tertiary alicyclic amines) is 1. The van der Waals surface area contributed by atoms with E-state index in [1.165, 1.54) is 17.2 Å². The summed E-state index contributed by atoms with van der Waals surface area (Å²) in [6.45, 7) is 8.07. The van der Waals surface area contributed by atoms with E-state index < -0.39 is 0 Å². The summed E-state index contributed by atoms with van der Waals surface area (Å²) < 4.78 is 0. The highest BCUT2D eigenvalue weighted by Crippen LogP contribution is 2.41. The van der Waals surface area contributed by atoms with Crippen LogP contribution >= 0.6 is 23.4 Å². The first-order valence-electron chi connectivity index (χ1n) is 7.14. The molecule has 3 rings (SSSR count). The summed E-state index contributed by atoms with van der Waals surface area (Å²) in [6, 6.07) is 8.89. The Hall–Kier alpha value is -0.180. The third-order valence-electron chi connectivity index (χ3n) is 4.46. The van der Waals surface area contributed by atoms with Crippen molar-refractivity contribution in [1.82, 2.24) is 4.90 Å². The standard InChI is InChI=1S/C16H22ClNS/c1-16(2)11-18(8-7-15(16)17)9-12-10-19-14-6-4-3-5-13(12)14/h3-6,12,15H,7-11H2,1-2H3. The number of hydrogen-bond acceptors (Lipinski definition) is 2. The third-order valence-corrected chi connectivity index (χ3v) is 6.52. The minimum absolute atomic E-state index is 0.241. The van der Waals surface area contributed by atoms with Gasteiger partial charge < -0.3 is 4.90 Å². The van der Waals surface area contributed by atoms with Gasteiger partial charge in [-0.3, -0.25) is 0 Å². The van der Waals surface area contributed by atoms with E-state index in [9.17, 15) is 0 Å². The van der Waals surface area contributed by atoms with Crippen LogP contribution in [0.1, 0.15) is 31.7 Å². The minimum Gasteiger partial charge on any atom is -0.302 e. The van der Waals surface area contributed by atoms with Gasteiger partial charge in [0.05, 0.1) is 0 Å². The lowest BCUT2D eigenvalue weighted by Gasteiger charge is -2.42. The molecule has 2 atom stereocenters. The molecule has 0 spiro atoms. The summed E-state index contributed by atoms with van der Waals surface area (Å²) in [5.74, 6) is 1.93. The van der Waals surface area contributed by atoms with Gasteiger partial charge in [-0.25, -0.2) is 0 Å². The van der Waals surface area contributed by atoms with E-state index in [4.69, 9.17) is 11.6 Å². The van der Waals surface area contributed by atoms with Crippen molar-refractivity contribution in [3.05, 3.63) is 29.8 Å². The van der Waals surface area contributed by atoms with Crippen molar-refractivity contribution in [1.29, 1.82) is 0 Å². The van der Waals surface area contributed by atoms with Crippen LogP contribution in [-0.2, 0) is 0 Å². The van der Waals surface area contributed by atoms with Gasteiger partial charge in [0.25, 0.3) is 0 Å². The summed E-state index contributed by atoms with van der Waals surface area (Å²) in [5, 5.41) is 0.328. The van der Waals surface area contributed by atoms with Gasteiger partial charge in [0.2, 0.25) is 0 Å². The first-order valence-corrected chi connectivity index (χ1v) is 8.56. The Morgan fingerprint density at radius 2 is 2.16 bits per heavy atom. The van der Waals surface area contributed by atoms with Crippen LogP contribution in [0, 0.1) is 5.41 Å². The Labute approximate surface area is 125 Å². The number of rotatable bonds is 2. The Kier molecular flexibility index (Phi) is 3.85. The molecule has 0 aromatic heterocycles. The fourth-order valence-electron chi connectivity index (χ4n) is 3.29. The molecule has 0 radical (unpaired) electrons. The molecule has 19 heavy (non-hydrogen) atoms. The summed E-state index contributed by atoms with van der Waals surface area (Å²) in [5.41, 5.74) is 1.80. The second-order valence-corrected chi connectivity index (χ2v) is 8.11. The van der Waals surface area contributed by atoms with E-state index in [1.54, 1.807) is 5.56 Å². The van der Waals surface area contributed by atoms with Crippen LogP contribution < -0.4 is 0 Å². The zero-order chi connectivity index (χ0) is 13.5. The van der Waals surface area contributed by atoms with E-state index in [0.717, 1.165) is 19.5 Å². The third kappa shape index (κ3) is 2.81. The predicted octanol–water partition coefficient (Wildman–Crippen LogP) is 4.22. The zero-order valence-electron chi connectivity index (χ0n) is 11.7. The molecule has 3 heteroatoms. The van der Waals surface area contributed by atoms with Crippen LogP contribution in [0.2, 0.25) is 0 Å². The Morgan fingerprint density at radius 1 is 1.37 bits per heavy atom. The Balaban J connectivity index is 1.67. The molecule has 1 aromatic carbocycles. The van der Waals surface area contributed by atoms with Crippen molar-refractivity contribution in [2.75, 3.05) is 25.4 Å². The van der Waals surface area contributed by atoms with E-state index in [-0.39, 0.29) is 5.41 Å². The van der Waals surface area contributed by atoms with Crippen LogP contribution in [0.15, 0.2) is 29.2 Å². The predicted molar refractivity (Wildman–Crippen MR) is 84.4 cm³/mol. The molecule has 2 aliphatic heterocycles. The normalized spacial score (nSPS) is 30.3. The molecular formula is C16H22ClNS. The number of fused-ring (bicyclic) bond motifs is 1. The molecule has 1 fully saturated rings. The highest BCUT2D eigenvalue weighted by Gasteiger charge is 2.36. The average Bonchev–Trinajstić information content (AvgIpc) is 2.77. The lowest BCUT2D eigenvalue weighted by Crippen LogP contribution is -2.47. The second kappa shape index (κ2) is 5.31. The van der Waals surface area contributed by atoms with Gasteiger partial charge in [-0.2, -0.15) is 0 Å². The molecule has 0 bridgehead atoms. The first kappa shape index (κ1) is 13.8. The summed E-state index contributed by atoms with van der Waals surface area (Å²) in [4.78, 5) is 4.10. The SMILES string of the molecule is CC1(C)CN(CC2CSc3ccccc32)CCC1Cl. The van der Waals surface area contributed by atoms with E-state index >= 15 is 0 Å². The van der Waals surface area contributed by atoms with Crippen LogP contribution in [0.4, 0.5) is 0 Å². The molecule has 2 aliphatic rings. The number of benzene rings is 1. The molecule has 1 aromatic rings. The zero-order valence-corrected chi connectivity index (χ0v) is 13.3. The number of thioether (sulfide) groups is 1. The molecular weight excluding hydrogens is 274 g/mol. The smallest absolute Gasteiger partial charge is 0.0411 e. The Bertz CT molecular complexity index is 460. The monoisotopic (exact) mass is 295 g/mol. The molecule has 0 saturated carbocycles. The van der Waals surface area contributed by atoms with Crippen molar-refractivity contribution in [3.63, 3.8) is 0 Å². The molecule has 0 N–H and O–H groups in total. The van der Waals surface area contributed by atoms with E-state index in [2.05, 4.69) is 43.0 Å². The van der Waals surface area contributed by atoms with Gasteiger partial charge in [-0.05, 0) is 30.0 Å². The van der Waals surface area contributed by atoms with Crippen LogP contribution in [-0.4, -0.2) is 35.7 Å². The van der Waals surface area contributed by atoms with Gasteiger partial charge in [0, 0.05) is 35.0 Å². The van der Waals surface area contributed by atoms with Gasteiger partial charge in [-0.1, -0.05) is 32.0 Å². The topological polar surface area (TPSA) is 3.24 Å². The molecule has 2 unspecified atom stereocenters. The molecule has 1 nitrogen and oxygen atoms in total. The van der Waals surface area contributed by atoms with Gasteiger partial charge in [0.1, 0.15) is 0 Å². The van der Waals surface area contributed by atoms with Crippen LogP contribution in [0.3, 0.4) is 0 Å². The molecule has 0 aliphatic carbocycles. The van der Waals surface area contributed by atoms with Gasteiger partial charge in [-0.15, -0.1) is 23.4 Å². The fourth-order valence-corrected chi connectivity index (χ4v) is 4.70. The van der Waals surface area contributed by atoms with Crippen molar-refractivity contribution in [2.45, 2.75) is 36.5 Å². The van der Waals surface area contributed by atoms with Crippen molar-refractivity contribution in [2.24, 2.45) is 5.41 Å². The number of piperidine rings is 1. The molecule has 1 saturated heterocycles. The maximum absolute atomic E-state index is 6.44. The molecule has 2 heterocycles. The Morgan fingerprint density at radius 3 is 2.95 bits per heavy atom. The van der Waals surface area contributed by atoms with Crippen LogP contribution in [0.25, 0.3) is 0 Å². The fraction of sp³-hybridized carbons (Fsp3) is 0.625. The maximum atomic E-state index is 6.44. The summed E-state index contributed by atoms with van der Waals surface area (Å²) in [7, 11) is 0. The molecule has 104 valence electrons. The number of nitrogens with zero attached hydrogens (tertiary/aromatic N) is 1. The van der Waals surface area contributed by atoms with E-state index in [1.807, 2.05) is 11.8 Å². The lowest BCUT2D eigenvalue weighted by atomic mass is 9.83. The highest BCUT2D eigenvalue weighted by molar-refractivity contribution is 7.99. The van der Waals surface area contributed by atoms with Gasteiger partial charge in [0.15, 0.2) is 0 Å². The quantitative estimate of drug-likeness (QED) is 0.752. The lowest BCUT2D eigenvalue weighted by molar-refractivity contribution is 0.118. The van der Waals surface area contributed by atoms with E-state index in [0.29, 0.717) is 11.3 Å². The maximum Gasteiger partial charge on any atom is 0.0411 e. The second-order valence-electron chi connectivity index (χ2n) is 6.53.